The Morgan fingerprint density at radius 3 is 2.50 bits per heavy atom. The summed E-state index contributed by atoms with van der Waals surface area (Å²) in [5, 5.41) is 4.91. The third kappa shape index (κ3) is 3.05. The van der Waals surface area contributed by atoms with E-state index in [-0.39, 0.29) is 5.91 Å². The summed E-state index contributed by atoms with van der Waals surface area (Å²) >= 11 is 12.0. The minimum Gasteiger partial charge on any atom is -0.360 e. The lowest BCUT2D eigenvalue weighted by atomic mass is 10.2. The van der Waals surface area contributed by atoms with Gasteiger partial charge in [0.15, 0.2) is 5.82 Å². The Morgan fingerprint density at radius 1 is 1.18 bits per heavy atom. The summed E-state index contributed by atoms with van der Waals surface area (Å²) in [7, 11) is 0. The van der Waals surface area contributed by atoms with E-state index in [0.717, 1.165) is 11.6 Å². The zero-order chi connectivity index (χ0) is 15.7. The summed E-state index contributed by atoms with van der Waals surface area (Å²) in [5.74, 6) is 1.52. The molecule has 0 aliphatic carbocycles. The van der Waals surface area contributed by atoms with E-state index < -0.39 is 0 Å². The van der Waals surface area contributed by atoms with Gasteiger partial charge in [-0.05, 0) is 25.1 Å². The van der Waals surface area contributed by atoms with Gasteiger partial charge in [-0.15, -0.1) is 0 Å². The first-order valence-corrected chi connectivity index (χ1v) is 7.73. The van der Waals surface area contributed by atoms with Crippen LogP contribution in [0.5, 0.6) is 0 Å². The van der Waals surface area contributed by atoms with Crippen LogP contribution < -0.4 is 4.90 Å². The van der Waals surface area contributed by atoms with E-state index in [1.165, 1.54) is 0 Å². The third-order valence-corrected chi connectivity index (χ3v) is 4.22. The Hall–Kier alpha value is -1.72. The molecule has 0 N–H and O–H groups in total. The third-order valence-electron chi connectivity index (χ3n) is 3.67. The van der Waals surface area contributed by atoms with E-state index >= 15 is 0 Å². The fraction of sp³-hybridized carbons (Fsp3) is 0.333. The highest BCUT2D eigenvalue weighted by atomic mass is 35.5. The van der Waals surface area contributed by atoms with Crippen LogP contribution in [0.1, 0.15) is 16.1 Å². The van der Waals surface area contributed by atoms with E-state index in [1.807, 2.05) is 13.0 Å². The highest BCUT2D eigenvalue weighted by molar-refractivity contribution is 6.36. The molecule has 0 radical (unpaired) electrons. The minimum atomic E-state index is -0.0716. The molecule has 0 spiro atoms. The van der Waals surface area contributed by atoms with Gasteiger partial charge in [-0.1, -0.05) is 28.4 Å². The maximum atomic E-state index is 12.5. The van der Waals surface area contributed by atoms with Gasteiger partial charge in [0.05, 0.1) is 10.6 Å². The zero-order valence-electron chi connectivity index (χ0n) is 12.1. The van der Waals surface area contributed by atoms with Gasteiger partial charge < -0.3 is 14.3 Å². The quantitative estimate of drug-likeness (QED) is 0.842. The van der Waals surface area contributed by atoms with Crippen molar-refractivity contribution in [3.05, 3.63) is 45.6 Å². The molecule has 22 heavy (non-hydrogen) atoms. The van der Waals surface area contributed by atoms with Crippen LogP contribution in [0.4, 0.5) is 5.82 Å². The molecule has 1 fully saturated rings. The standard InChI is InChI=1S/C15H15Cl2N3O2/c1-10-8-14(18-22-10)19-4-6-20(7-5-19)15(21)12-3-2-11(16)9-13(12)17/h2-3,8-9H,4-7H2,1H3. The predicted octanol–water partition coefficient (Wildman–Crippen LogP) is 3.25. The Bertz CT molecular complexity index is 694. The van der Waals surface area contributed by atoms with Crippen LogP contribution in [0.3, 0.4) is 0 Å². The average molecular weight is 340 g/mol. The number of rotatable bonds is 2. The summed E-state index contributed by atoms with van der Waals surface area (Å²) in [5.41, 5.74) is 0.483. The number of hydrogen-bond donors (Lipinski definition) is 0. The van der Waals surface area contributed by atoms with E-state index in [9.17, 15) is 4.79 Å². The van der Waals surface area contributed by atoms with Crippen LogP contribution in [0.2, 0.25) is 10.0 Å². The zero-order valence-corrected chi connectivity index (χ0v) is 13.6. The predicted molar refractivity (Wildman–Crippen MR) is 85.8 cm³/mol. The number of hydrogen-bond acceptors (Lipinski definition) is 4. The van der Waals surface area contributed by atoms with Crippen molar-refractivity contribution in [2.75, 3.05) is 31.1 Å². The molecule has 1 saturated heterocycles. The van der Waals surface area contributed by atoms with E-state index in [2.05, 4.69) is 10.1 Å². The van der Waals surface area contributed by atoms with Gasteiger partial charge >= 0.3 is 0 Å². The fourth-order valence-corrected chi connectivity index (χ4v) is 2.96. The molecule has 0 saturated carbocycles. The molecular weight excluding hydrogens is 325 g/mol. The van der Waals surface area contributed by atoms with Gasteiger partial charge in [0.1, 0.15) is 5.76 Å². The average Bonchev–Trinajstić information content (AvgIpc) is 2.93. The van der Waals surface area contributed by atoms with Crippen molar-refractivity contribution >= 4 is 34.9 Å². The normalized spacial score (nSPS) is 15.2. The monoisotopic (exact) mass is 339 g/mol. The molecule has 0 atom stereocenters. The summed E-state index contributed by atoms with van der Waals surface area (Å²) in [6.45, 7) is 4.51. The molecule has 3 rings (SSSR count). The fourth-order valence-electron chi connectivity index (χ4n) is 2.47. The minimum absolute atomic E-state index is 0.0716. The first kappa shape index (κ1) is 15.2. The summed E-state index contributed by atoms with van der Waals surface area (Å²) in [4.78, 5) is 16.4. The Balaban J connectivity index is 1.67. The Labute approximate surface area is 138 Å². The first-order chi connectivity index (χ1) is 10.5. The summed E-state index contributed by atoms with van der Waals surface area (Å²) < 4.78 is 5.09. The molecule has 1 amide bonds. The van der Waals surface area contributed by atoms with Gasteiger partial charge in [0, 0.05) is 37.3 Å². The lowest BCUT2D eigenvalue weighted by Gasteiger charge is -2.34. The molecule has 7 heteroatoms. The van der Waals surface area contributed by atoms with Crippen LogP contribution in [0, 0.1) is 6.92 Å². The lowest BCUT2D eigenvalue weighted by molar-refractivity contribution is 0.0746. The van der Waals surface area contributed by atoms with Gasteiger partial charge in [-0.2, -0.15) is 0 Å². The highest BCUT2D eigenvalue weighted by Gasteiger charge is 2.24. The number of carbonyl (C=O) groups is 1. The molecule has 1 aromatic heterocycles. The molecule has 5 nitrogen and oxygen atoms in total. The lowest BCUT2D eigenvalue weighted by Crippen LogP contribution is -2.49. The number of halogens is 2. The van der Waals surface area contributed by atoms with Gasteiger partial charge in [0.2, 0.25) is 0 Å². The van der Waals surface area contributed by atoms with Crippen molar-refractivity contribution in [3.8, 4) is 0 Å². The second-order valence-corrected chi connectivity index (χ2v) is 6.04. The SMILES string of the molecule is Cc1cc(N2CCN(C(=O)c3ccc(Cl)cc3Cl)CC2)no1. The maximum Gasteiger partial charge on any atom is 0.255 e. The molecule has 1 aliphatic heterocycles. The number of anilines is 1. The van der Waals surface area contributed by atoms with E-state index in [4.69, 9.17) is 27.7 Å². The van der Waals surface area contributed by atoms with E-state index in [0.29, 0.717) is 41.8 Å². The second kappa shape index (κ2) is 6.18. The maximum absolute atomic E-state index is 12.5. The second-order valence-electron chi connectivity index (χ2n) is 5.20. The van der Waals surface area contributed by atoms with Crippen molar-refractivity contribution < 1.29 is 9.32 Å². The van der Waals surface area contributed by atoms with Crippen molar-refractivity contribution in [2.24, 2.45) is 0 Å². The molecule has 116 valence electrons. The molecule has 2 heterocycles. The number of aryl methyl sites for hydroxylation is 1. The van der Waals surface area contributed by atoms with Crippen LogP contribution in [-0.2, 0) is 0 Å². The Morgan fingerprint density at radius 2 is 1.91 bits per heavy atom. The highest BCUT2D eigenvalue weighted by Crippen LogP contribution is 2.23. The topological polar surface area (TPSA) is 49.6 Å². The van der Waals surface area contributed by atoms with Gasteiger partial charge in [-0.3, -0.25) is 4.79 Å². The molecule has 2 aromatic rings. The number of piperazine rings is 1. The molecule has 1 aliphatic rings. The van der Waals surface area contributed by atoms with E-state index in [1.54, 1.807) is 23.1 Å². The molecule has 0 unspecified atom stereocenters. The van der Waals surface area contributed by atoms with Crippen LogP contribution >= 0.6 is 23.2 Å². The summed E-state index contributed by atoms with van der Waals surface area (Å²) in [6.07, 6.45) is 0. The van der Waals surface area contributed by atoms with Crippen LogP contribution in [0.25, 0.3) is 0 Å². The molecule has 0 bridgehead atoms. The van der Waals surface area contributed by atoms with Crippen molar-refractivity contribution in [3.63, 3.8) is 0 Å². The number of carbonyl (C=O) groups excluding carboxylic acids is 1. The smallest absolute Gasteiger partial charge is 0.255 e. The number of amides is 1. The Kier molecular flexibility index (Phi) is 4.27. The molecular formula is C15H15Cl2N3O2. The van der Waals surface area contributed by atoms with Crippen molar-refractivity contribution in [2.45, 2.75) is 6.92 Å². The van der Waals surface area contributed by atoms with Crippen molar-refractivity contribution in [1.29, 1.82) is 0 Å². The van der Waals surface area contributed by atoms with Gasteiger partial charge in [0.25, 0.3) is 5.91 Å². The molecule has 1 aromatic carbocycles. The number of benzene rings is 1. The first-order valence-electron chi connectivity index (χ1n) is 6.97. The van der Waals surface area contributed by atoms with Crippen LogP contribution in [-0.4, -0.2) is 42.1 Å². The number of nitrogens with zero attached hydrogens (tertiary/aromatic N) is 3. The van der Waals surface area contributed by atoms with Crippen LogP contribution in [0.15, 0.2) is 28.8 Å². The summed E-state index contributed by atoms with van der Waals surface area (Å²) in [6, 6.07) is 6.83. The number of aromatic nitrogens is 1. The van der Waals surface area contributed by atoms with Gasteiger partial charge in [-0.25, -0.2) is 0 Å². The largest absolute Gasteiger partial charge is 0.360 e. The van der Waals surface area contributed by atoms with Crippen molar-refractivity contribution in [1.82, 2.24) is 10.1 Å².